The molecule has 0 aliphatic carbocycles. The van der Waals surface area contributed by atoms with Gasteiger partial charge in [-0.15, -0.1) is 11.8 Å². The van der Waals surface area contributed by atoms with Crippen LogP contribution in [-0.4, -0.2) is 410 Å². The van der Waals surface area contributed by atoms with E-state index in [9.17, 15) is 117 Å². The second kappa shape index (κ2) is 38.1. The number of ether oxygens (including phenoxy) is 15. The van der Waals surface area contributed by atoms with E-state index in [1.807, 2.05) is 54.4 Å². The van der Waals surface area contributed by atoms with Crippen molar-refractivity contribution in [2.24, 2.45) is 4.99 Å². The Morgan fingerprint density at radius 1 is 0.408 bits per heavy atom. The number of aliphatic hydroxyl groups excluding tert-OH is 21. The molecule has 1 unspecified atom stereocenters. The van der Waals surface area contributed by atoms with Crippen molar-refractivity contribution in [3.8, 4) is 5.75 Å². The molecule has 21 saturated heterocycles. The molecule has 21 fully saturated rings. The van der Waals surface area contributed by atoms with Gasteiger partial charge >= 0.3 is 51.4 Å². The predicted octanol–water partition coefficient (Wildman–Crippen LogP) is -16.7. The van der Waals surface area contributed by atoms with Gasteiger partial charge in [-0.1, -0.05) is 18.2 Å². The first-order chi connectivity index (χ1) is 48.8. The van der Waals surface area contributed by atoms with Crippen LogP contribution in [-0.2, 0) is 77.5 Å². The number of thioether (sulfide) groups is 1. The summed E-state index contributed by atoms with van der Waals surface area (Å²) in [5.41, 5.74) is 0.980. The first-order valence-corrected chi connectivity index (χ1v) is 33.4. The molecule has 24 rings (SSSR count). The van der Waals surface area contributed by atoms with Crippen molar-refractivity contribution in [2.75, 3.05) is 71.3 Å². The molecule has 22 aliphatic rings. The van der Waals surface area contributed by atoms with Gasteiger partial charge < -0.3 is 188 Å². The maximum absolute atomic E-state index is 11.5. The van der Waals surface area contributed by atoms with Crippen LogP contribution in [0.25, 0.3) is 0 Å². The van der Waals surface area contributed by atoms with Crippen LogP contribution in [0.1, 0.15) is 5.56 Å². The maximum Gasteiger partial charge on any atom is 1.00 e. The summed E-state index contributed by atoms with van der Waals surface area (Å²) in [5.74, 6) is 1.33. The zero-order valence-electron chi connectivity index (χ0n) is 55.1. The number of amides is 1. The predicted molar refractivity (Wildman–Crippen MR) is 325 cm³/mol. The van der Waals surface area contributed by atoms with Gasteiger partial charge in [-0.3, -0.25) is 4.79 Å². The quantitative estimate of drug-likeness (QED) is 0.0781. The minimum absolute atomic E-state index is 0. The molecule has 21 N–H and O–H groups in total. The molecule has 1 amide bonds. The van der Waals surface area contributed by atoms with Crippen molar-refractivity contribution in [1.82, 2.24) is 4.98 Å². The zero-order chi connectivity index (χ0) is 73.7. The smallest absolute Gasteiger partial charge is 0.854 e. The fourth-order valence-corrected chi connectivity index (χ4v) is 13.7. The third-order valence-electron chi connectivity index (χ3n) is 18.6. The van der Waals surface area contributed by atoms with Crippen molar-refractivity contribution < 1.29 is 240 Å². The number of carbonyl (C=O) groups excluding carboxylic acids is 1. The summed E-state index contributed by atoms with van der Waals surface area (Å²) in [5, 5.41) is 241. The SMILES string of the molecule is CN(CCOc1ccc(CC2SC([O-])=NC2=O)cc1)c1ccccn1.OC[C@H]1O[C@@H]2O[C@H]3[C@H](O)[C@@H](O)[C@@H](O[C@H]4[C@H](O)[C@@H](O)[C@@H](O[C@H]5[C@H](O)[C@@H](O)[C@@H](O[C@H]6[C@H](O)[C@@H](O)[C@@H](O[C@H]7[C@@H](O)[C@H](O)[C@@H](O[C@H]8[C@@H](O)[C@H](O)[C@@H](O[C@H]1[C@H](O)[C@H]2O)O[C@@H]8CO)O[C@@H]7CO)O[C@@H]6CO)O[C@@H]5CO)O[C@@H]4CO)O[C@@H]3CO.[K+]. The second-order valence-corrected chi connectivity index (χ2v) is 26.4. The van der Waals surface area contributed by atoms with Crippen LogP contribution in [0.2, 0.25) is 0 Å². The summed E-state index contributed by atoms with van der Waals surface area (Å²) in [6.07, 6.45) is -68.0. The fourth-order valence-electron chi connectivity index (χ4n) is 12.8. The molecule has 578 valence electrons. The van der Waals surface area contributed by atoms with Gasteiger partial charge in [-0.05, 0) is 36.2 Å². The molecular weight excluding hydrogens is 1440 g/mol. The number of pyridine rings is 1. The molecule has 22 aliphatic heterocycles. The van der Waals surface area contributed by atoms with E-state index in [1.165, 1.54) is 0 Å². The van der Waals surface area contributed by atoms with E-state index in [2.05, 4.69) is 9.98 Å². The van der Waals surface area contributed by atoms with E-state index in [-0.39, 0.29) is 57.3 Å². The van der Waals surface area contributed by atoms with Crippen LogP contribution in [0.15, 0.2) is 53.7 Å². The number of likely N-dealkylation sites (N-methyl/N-ethyl adjacent to an activating group) is 1. The molecule has 0 radical (unpaired) electrons. The number of rotatable bonds is 14. The Balaban J connectivity index is 0.000000397. The summed E-state index contributed by atoms with van der Waals surface area (Å²) < 4.78 is 85.2. The van der Waals surface area contributed by atoms with Crippen LogP contribution in [0.4, 0.5) is 5.82 Å². The van der Waals surface area contributed by atoms with E-state index in [1.54, 1.807) is 6.20 Å². The number of hydrogen-bond donors (Lipinski definition) is 21. The van der Waals surface area contributed by atoms with Gasteiger partial charge in [0.05, 0.1) is 58.0 Å². The number of hydrogen-bond acceptors (Lipinski definition) is 41. The molecule has 41 nitrogen and oxygen atoms in total. The minimum atomic E-state index is -2.21. The Bertz CT molecular complexity index is 2590. The van der Waals surface area contributed by atoms with E-state index < -0.39 is 272 Å². The third kappa shape index (κ3) is 19.0. The Morgan fingerprint density at radius 3 is 0.903 bits per heavy atom. The topological polar surface area (TPSA) is 632 Å². The van der Waals surface area contributed by atoms with E-state index >= 15 is 0 Å². The summed E-state index contributed by atoms with van der Waals surface area (Å²) in [6, 6.07) is 13.4. The summed E-state index contributed by atoms with van der Waals surface area (Å²) >= 11 is 0.990. The van der Waals surface area contributed by atoms with Gasteiger partial charge in [0.1, 0.15) is 189 Å². The van der Waals surface area contributed by atoms with Crippen molar-refractivity contribution in [3.63, 3.8) is 0 Å². The van der Waals surface area contributed by atoms with Crippen molar-refractivity contribution >= 4 is 28.7 Å². The van der Waals surface area contributed by atoms with E-state index in [4.69, 9.17) is 71.1 Å². The van der Waals surface area contributed by atoms with Gasteiger partial charge in [-0.25, -0.2) is 9.98 Å². The van der Waals surface area contributed by atoms with Gasteiger partial charge in [0.2, 0.25) is 0 Å². The fraction of sp³-hybridized carbons (Fsp3) is 0.783. The molecule has 14 bridgehead atoms. The number of carbonyl (C=O) groups is 1. The number of nitrogens with zero attached hydrogens (tertiary/aromatic N) is 3. The maximum atomic E-state index is 11.5. The zero-order valence-corrected chi connectivity index (χ0v) is 59.0. The monoisotopic (exact) mass is 1530 g/mol. The molecule has 43 heteroatoms. The van der Waals surface area contributed by atoms with Crippen molar-refractivity contribution in [2.45, 2.75) is 227 Å². The van der Waals surface area contributed by atoms with Crippen molar-refractivity contribution in [3.05, 3.63) is 54.2 Å². The van der Waals surface area contributed by atoms with Crippen LogP contribution >= 0.6 is 11.8 Å². The average molecular weight is 1530 g/mol. The molecule has 36 atom stereocenters. The number of anilines is 1. The Kier molecular flexibility index (Phi) is 31.3. The first-order valence-electron chi connectivity index (χ1n) is 32.5. The average Bonchev–Trinajstić information content (AvgIpc) is 1.09. The first kappa shape index (κ1) is 84.7. The number of benzene rings is 1. The Labute approximate surface area is 632 Å². The van der Waals surface area contributed by atoms with E-state index in [0.29, 0.717) is 13.0 Å². The summed E-state index contributed by atoms with van der Waals surface area (Å²) in [6.45, 7) is -6.07. The van der Waals surface area contributed by atoms with Crippen LogP contribution in [0.5, 0.6) is 5.75 Å². The number of aliphatic imine (C=N–C) groups is 1. The van der Waals surface area contributed by atoms with Crippen LogP contribution in [0.3, 0.4) is 0 Å². The second-order valence-electron chi connectivity index (χ2n) is 25.3. The van der Waals surface area contributed by atoms with Gasteiger partial charge in [-0.2, -0.15) is 0 Å². The molecule has 23 heterocycles. The molecule has 2 aromatic rings. The van der Waals surface area contributed by atoms with Gasteiger partial charge in [0, 0.05) is 18.5 Å². The molecule has 1 aromatic carbocycles. The number of aliphatic hydroxyl groups is 21. The van der Waals surface area contributed by atoms with Crippen molar-refractivity contribution in [1.29, 1.82) is 0 Å². The van der Waals surface area contributed by atoms with Gasteiger partial charge in [0.15, 0.2) is 44.0 Å². The largest absolute Gasteiger partial charge is 1.00 e. The van der Waals surface area contributed by atoms with E-state index in [0.717, 1.165) is 35.4 Å². The van der Waals surface area contributed by atoms with Gasteiger partial charge in [0.25, 0.3) is 5.91 Å². The normalized spacial score (nSPS) is 45.4. The summed E-state index contributed by atoms with van der Waals surface area (Å²) in [7, 11) is 1.97. The third-order valence-corrected chi connectivity index (χ3v) is 19.5. The molecule has 0 saturated carbocycles. The summed E-state index contributed by atoms with van der Waals surface area (Å²) in [4.78, 5) is 21.3. The molecular formula is C60H88KN3O38S. The Morgan fingerprint density at radius 2 is 0.680 bits per heavy atom. The standard InChI is InChI=1S/C42H70O35.C18H19N3O3S.K/c43-1-8-29-15(50)22(57)36(64-8)72-30-9(2-44)66-38(24(59)17(30)52)74-32-11(4-46)68-40(26(61)19(32)54)76-34-13(6-48)70-42(28(63)21(34)56)77-35-14(7-49)69-41(27(62)20(35)55)75-33-12(5-47)67-39(25(60)18(33)53)73-31-10(3-45)65-37(71-29)23(58)16(31)51;1-21(16-4-2-3-9-19-16)10-11-24-14-7-5-13(6-8-14)12-15-17(22)20-18(23)25-15;/h8-63H,1-7H2;2-9,15H,10-12H2,1H3,(H,20,22,23);/q;;+1/p-1/t8-,9-,10-,11-,12-,13-,14-,15-,16-,17-,18-,19-,20+,21+,22-,23-,24-,25-,26-,27+,28+,29-,30-,31-,32-,33-,34-,35-,36-,37-,38-,39-,40-,41-,42-;;/m1../s1. The Hall–Kier alpha value is -2.30. The number of aromatic nitrogens is 1. The molecule has 1 aromatic heterocycles. The molecule has 0 spiro atoms. The minimum Gasteiger partial charge on any atom is -0.854 e. The van der Waals surface area contributed by atoms with Crippen LogP contribution < -0.4 is 66.1 Å². The molecule has 103 heavy (non-hydrogen) atoms. The van der Waals surface area contributed by atoms with Crippen LogP contribution in [0, 0.1) is 0 Å².